The Kier molecular flexibility index (Phi) is 4.19. The van der Waals surface area contributed by atoms with Crippen LogP contribution in [0.15, 0.2) is 18.2 Å². The molecule has 7 heteroatoms. The average Bonchev–Trinajstić information content (AvgIpc) is 2.81. The number of nitro benzene ring substituents is 1. The zero-order valence-electron chi connectivity index (χ0n) is 11.2. The SMILES string of the molecule is CN1CCC(CNc2ccc([N+](=O)[O-])c(C(=O)O)c2)C1. The van der Waals surface area contributed by atoms with Gasteiger partial charge in [0.25, 0.3) is 5.69 Å². The molecule has 0 spiro atoms. The first-order valence-electron chi connectivity index (χ1n) is 6.41. The highest BCUT2D eigenvalue weighted by atomic mass is 16.6. The monoisotopic (exact) mass is 279 g/mol. The summed E-state index contributed by atoms with van der Waals surface area (Å²) >= 11 is 0. The summed E-state index contributed by atoms with van der Waals surface area (Å²) in [5, 5.41) is 22.9. The average molecular weight is 279 g/mol. The minimum Gasteiger partial charge on any atom is -0.477 e. The molecule has 0 bridgehead atoms. The van der Waals surface area contributed by atoms with E-state index < -0.39 is 10.9 Å². The Hall–Kier alpha value is -2.15. The lowest BCUT2D eigenvalue weighted by Gasteiger charge is -2.13. The van der Waals surface area contributed by atoms with Crippen LogP contribution in [0.25, 0.3) is 0 Å². The number of aromatic carboxylic acids is 1. The lowest BCUT2D eigenvalue weighted by molar-refractivity contribution is -0.385. The molecule has 2 rings (SSSR count). The van der Waals surface area contributed by atoms with Gasteiger partial charge in [-0.2, -0.15) is 0 Å². The summed E-state index contributed by atoms with van der Waals surface area (Å²) in [5.74, 6) is -0.774. The maximum Gasteiger partial charge on any atom is 0.342 e. The minimum absolute atomic E-state index is 0.288. The molecule has 108 valence electrons. The molecule has 1 heterocycles. The predicted octanol–water partition coefficient (Wildman–Crippen LogP) is 1.66. The summed E-state index contributed by atoms with van der Waals surface area (Å²) in [6.07, 6.45) is 1.10. The van der Waals surface area contributed by atoms with Crippen LogP contribution < -0.4 is 5.32 Å². The maximum atomic E-state index is 11.0. The quantitative estimate of drug-likeness (QED) is 0.628. The Morgan fingerprint density at radius 1 is 1.60 bits per heavy atom. The third-order valence-corrected chi connectivity index (χ3v) is 3.51. The molecule has 7 nitrogen and oxygen atoms in total. The second-order valence-electron chi connectivity index (χ2n) is 5.09. The van der Waals surface area contributed by atoms with Crippen molar-refractivity contribution in [3.8, 4) is 0 Å². The number of hydrogen-bond donors (Lipinski definition) is 2. The number of anilines is 1. The molecule has 1 aromatic rings. The molecular weight excluding hydrogens is 262 g/mol. The summed E-state index contributed by atoms with van der Waals surface area (Å²) in [5.41, 5.74) is -0.0743. The summed E-state index contributed by atoms with van der Waals surface area (Å²) in [6.45, 7) is 2.81. The van der Waals surface area contributed by atoms with E-state index in [2.05, 4.69) is 17.3 Å². The van der Waals surface area contributed by atoms with Crippen LogP contribution in [0.4, 0.5) is 11.4 Å². The Labute approximate surface area is 116 Å². The summed E-state index contributed by atoms with van der Waals surface area (Å²) < 4.78 is 0. The molecule has 1 aromatic carbocycles. The molecule has 0 radical (unpaired) electrons. The van der Waals surface area contributed by atoms with Crippen molar-refractivity contribution < 1.29 is 14.8 Å². The van der Waals surface area contributed by atoms with E-state index in [-0.39, 0.29) is 11.3 Å². The second-order valence-corrected chi connectivity index (χ2v) is 5.09. The topological polar surface area (TPSA) is 95.7 Å². The molecular formula is C13H17N3O4. The molecule has 1 atom stereocenters. The van der Waals surface area contributed by atoms with Gasteiger partial charge in [0, 0.05) is 24.8 Å². The summed E-state index contributed by atoms with van der Waals surface area (Å²) in [6, 6.07) is 4.09. The first-order valence-corrected chi connectivity index (χ1v) is 6.41. The van der Waals surface area contributed by atoms with Crippen LogP contribution in [0.2, 0.25) is 0 Å². The van der Waals surface area contributed by atoms with E-state index in [9.17, 15) is 14.9 Å². The number of carboxylic acid groups (broad SMARTS) is 1. The number of carbonyl (C=O) groups is 1. The van der Waals surface area contributed by atoms with Gasteiger partial charge in [-0.3, -0.25) is 10.1 Å². The predicted molar refractivity (Wildman–Crippen MR) is 74.1 cm³/mol. The molecule has 1 unspecified atom stereocenters. The first-order chi connectivity index (χ1) is 9.47. The Bertz CT molecular complexity index is 532. The summed E-state index contributed by atoms with van der Waals surface area (Å²) in [7, 11) is 2.06. The highest BCUT2D eigenvalue weighted by molar-refractivity contribution is 5.93. The molecule has 0 aromatic heterocycles. The lowest BCUT2D eigenvalue weighted by Crippen LogP contribution is -2.19. The molecule has 1 saturated heterocycles. The normalized spacial score (nSPS) is 18.9. The van der Waals surface area contributed by atoms with Gasteiger partial charge in [0.2, 0.25) is 0 Å². The van der Waals surface area contributed by atoms with Crippen molar-refractivity contribution in [1.82, 2.24) is 4.90 Å². The maximum absolute atomic E-state index is 11.0. The first kappa shape index (κ1) is 14.3. The fourth-order valence-corrected chi connectivity index (χ4v) is 2.43. The fourth-order valence-electron chi connectivity index (χ4n) is 2.43. The van der Waals surface area contributed by atoms with Gasteiger partial charge >= 0.3 is 5.97 Å². The minimum atomic E-state index is -1.29. The zero-order chi connectivity index (χ0) is 14.7. The van der Waals surface area contributed by atoms with Crippen LogP contribution in [-0.4, -0.2) is 47.6 Å². The van der Waals surface area contributed by atoms with Crippen molar-refractivity contribution in [2.45, 2.75) is 6.42 Å². The van der Waals surface area contributed by atoms with Crippen molar-refractivity contribution in [3.05, 3.63) is 33.9 Å². The number of benzene rings is 1. The highest BCUT2D eigenvalue weighted by Gasteiger charge is 2.21. The molecule has 1 aliphatic heterocycles. The van der Waals surface area contributed by atoms with E-state index in [4.69, 9.17) is 5.11 Å². The van der Waals surface area contributed by atoms with Crippen LogP contribution in [0, 0.1) is 16.0 Å². The van der Waals surface area contributed by atoms with Crippen molar-refractivity contribution >= 4 is 17.3 Å². The van der Waals surface area contributed by atoms with E-state index in [0.717, 1.165) is 26.1 Å². The number of carboxylic acids is 1. The Morgan fingerprint density at radius 3 is 2.90 bits per heavy atom. The third-order valence-electron chi connectivity index (χ3n) is 3.51. The molecule has 1 fully saturated rings. The van der Waals surface area contributed by atoms with Crippen LogP contribution in [-0.2, 0) is 0 Å². The number of nitro groups is 1. The van der Waals surface area contributed by atoms with Gasteiger partial charge in [0.05, 0.1) is 4.92 Å². The van der Waals surface area contributed by atoms with E-state index in [0.29, 0.717) is 11.6 Å². The lowest BCUT2D eigenvalue weighted by atomic mass is 10.1. The van der Waals surface area contributed by atoms with Gasteiger partial charge in [-0.1, -0.05) is 0 Å². The van der Waals surface area contributed by atoms with Crippen LogP contribution in [0.5, 0.6) is 0 Å². The van der Waals surface area contributed by atoms with Crippen molar-refractivity contribution in [1.29, 1.82) is 0 Å². The van der Waals surface area contributed by atoms with E-state index >= 15 is 0 Å². The van der Waals surface area contributed by atoms with E-state index in [1.54, 1.807) is 6.07 Å². The van der Waals surface area contributed by atoms with Crippen LogP contribution in [0.1, 0.15) is 16.8 Å². The number of nitrogens with one attached hydrogen (secondary N) is 1. The molecule has 0 amide bonds. The Balaban J connectivity index is 2.07. The van der Waals surface area contributed by atoms with Gasteiger partial charge < -0.3 is 15.3 Å². The number of rotatable bonds is 5. The van der Waals surface area contributed by atoms with E-state index in [1.807, 2.05) is 0 Å². The highest BCUT2D eigenvalue weighted by Crippen LogP contribution is 2.23. The van der Waals surface area contributed by atoms with Crippen LogP contribution in [0.3, 0.4) is 0 Å². The smallest absolute Gasteiger partial charge is 0.342 e. The zero-order valence-corrected chi connectivity index (χ0v) is 11.2. The standard InChI is InChI=1S/C13H17N3O4/c1-15-5-4-9(8-15)7-14-10-2-3-12(16(19)20)11(6-10)13(17)18/h2-3,6,9,14H,4-5,7-8H2,1H3,(H,17,18). The van der Waals surface area contributed by atoms with Crippen molar-refractivity contribution in [3.63, 3.8) is 0 Å². The molecule has 20 heavy (non-hydrogen) atoms. The van der Waals surface area contributed by atoms with Gasteiger partial charge in [0.1, 0.15) is 5.56 Å². The molecule has 0 aliphatic carbocycles. The fraction of sp³-hybridized carbons (Fsp3) is 0.462. The second kappa shape index (κ2) is 5.87. The Morgan fingerprint density at radius 2 is 2.35 bits per heavy atom. The van der Waals surface area contributed by atoms with Crippen molar-refractivity contribution in [2.24, 2.45) is 5.92 Å². The van der Waals surface area contributed by atoms with Crippen LogP contribution >= 0.6 is 0 Å². The molecule has 1 aliphatic rings. The third kappa shape index (κ3) is 3.24. The number of nitrogens with zero attached hydrogens (tertiary/aromatic N) is 2. The van der Waals surface area contributed by atoms with E-state index in [1.165, 1.54) is 12.1 Å². The largest absolute Gasteiger partial charge is 0.477 e. The van der Waals surface area contributed by atoms with Gasteiger partial charge in [-0.15, -0.1) is 0 Å². The van der Waals surface area contributed by atoms with Crippen molar-refractivity contribution in [2.75, 3.05) is 32.0 Å². The number of hydrogen-bond acceptors (Lipinski definition) is 5. The van der Waals surface area contributed by atoms with Gasteiger partial charge in [0.15, 0.2) is 0 Å². The summed E-state index contributed by atoms with van der Waals surface area (Å²) in [4.78, 5) is 23.4. The van der Waals surface area contributed by atoms with Gasteiger partial charge in [-0.25, -0.2) is 4.79 Å². The molecule has 2 N–H and O–H groups in total. The molecule has 0 saturated carbocycles. The number of likely N-dealkylation sites (tertiary alicyclic amines) is 1. The van der Waals surface area contributed by atoms with Gasteiger partial charge in [-0.05, 0) is 38.1 Å².